The normalized spacial score (nSPS) is 15.6. The number of carbonyl (C=O) groups is 1. The van der Waals surface area contributed by atoms with Crippen molar-refractivity contribution < 1.29 is 9.90 Å². The third-order valence-electron chi connectivity index (χ3n) is 1.77. The van der Waals surface area contributed by atoms with Crippen molar-refractivity contribution in [3.8, 4) is 0 Å². The van der Waals surface area contributed by atoms with Gasteiger partial charge in [-0.15, -0.1) is 11.3 Å². The highest BCUT2D eigenvalue weighted by Gasteiger charge is 2.30. The van der Waals surface area contributed by atoms with Gasteiger partial charge in [-0.3, -0.25) is 0 Å². The number of hydrogen-bond acceptors (Lipinski definition) is 3. The van der Waals surface area contributed by atoms with Gasteiger partial charge in [0.2, 0.25) is 0 Å². The second-order valence-corrected chi connectivity index (χ2v) is 4.07. The molecule has 12 heavy (non-hydrogen) atoms. The van der Waals surface area contributed by atoms with Gasteiger partial charge in [-0.1, -0.05) is 0 Å². The van der Waals surface area contributed by atoms with E-state index in [1.165, 1.54) is 18.3 Å². The van der Waals surface area contributed by atoms with Crippen molar-refractivity contribution in [2.45, 2.75) is 19.4 Å². The fraction of sp³-hybridized carbons (Fsp3) is 0.375. The molecule has 1 aromatic heterocycles. The second kappa shape index (κ2) is 2.88. The third-order valence-corrected chi connectivity index (χ3v) is 2.64. The van der Waals surface area contributed by atoms with Gasteiger partial charge in [0.05, 0.1) is 0 Å². The Morgan fingerprint density at radius 3 is 2.67 bits per heavy atom. The van der Waals surface area contributed by atoms with E-state index in [4.69, 9.17) is 10.8 Å². The minimum absolute atomic E-state index is 0.664. The average molecular weight is 185 g/mol. The predicted octanol–water partition coefficient (Wildman–Crippen LogP) is 1.32. The molecule has 0 spiro atoms. The number of nitrogens with two attached hydrogens (primary N) is 1. The van der Waals surface area contributed by atoms with E-state index >= 15 is 0 Å². The lowest BCUT2D eigenvalue weighted by Gasteiger charge is -2.17. The zero-order chi connectivity index (χ0) is 9.35. The molecule has 1 rings (SSSR count). The molecular weight excluding hydrogens is 174 g/mol. The summed E-state index contributed by atoms with van der Waals surface area (Å²) in [4.78, 5) is 11.8. The number of carboxylic acids is 1. The van der Waals surface area contributed by atoms with Crippen molar-refractivity contribution >= 4 is 17.3 Å². The fourth-order valence-corrected chi connectivity index (χ4v) is 1.66. The summed E-state index contributed by atoms with van der Waals surface area (Å²) in [7, 11) is 0. The molecule has 0 saturated carbocycles. The summed E-state index contributed by atoms with van der Waals surface area (Å²) in [5.41, 5.74) is 5.01. The minimum Gasteiger partial charge on any atom is -0.480 e. The average Bonchev–Trinajstić information content (AvgIpc) is 2.35. The third kappa shape index (κ3) is 1.49. The summed E-state index contributed by atoms with van der Waals surface area (Å²) >= 11 is 1.51. The highest BCUT2D eigenvalue weighted by molar-refractivity contribution is 7.10. The van der Waals surface area contributed by atoms with Gasteiger partial charge in [0.25, 0.3) is 0 Å². The van der Waals surface area contributed by atoms with E-state index in [0.717, 1.165) is 4.88 Å². The van der Waals surface area contributed by atoms with Crippen molar-refractivity contribution in [1.82, 2.24) is 0 Å². The van der Waals surface area contributed by atoms with Gasteiger partial charge in [-0.2, -0.15) is 0 Å². The van der Waals surface area contributed by atoms with E-state index in [1.54, 1.807) is 11.4 Å². The van der Waals surface area contributed by atoms with Crippen LogP contribution in [0, 0.1) is 6.92 Å². The molecule has 0 unspecified atom stereocenters. The molecule has 3 nitrogen and oxygen atoms in total. The number of rotatable bonds is 2. The topological polar surface area (TPSA) is 63.3 Å². The molecule has 0 amide bonds. The molecule has 0 fully saturated rings. The zero-order valence-electron chi connectivity index (χ0n) is 7.00. The predicted molar refractivity (Wildman–Crippen MR) is 48.2 cm³/mol. The van der Waals surface area contributed by atoms with E-state index in [1.807, 2.05) is 6.92 Å². The van der Waals surface area contributed by atoms with Gasteiger partial charge in [0.1, 0.15) is 5.54 Å². The number of aryl methyl sites for hydroxylation is 1. The maximum Gasteiger partial charge on any atom is 0.328 e. The summed E-state index contributed by atoms with van der Waals surface area (Å²) in [6, 6.07) is 1.80. The Kier molecular flexibility index (Phi) is 2.21. The molecule has 3 N–H and O–H groups in total. The smallest absolute Gasteiger partial charge is 0.328 e. The first-order valence-electron chi connectivity index (χ1n) is 3.52. The molecular formula is C8H11NO2S. The maximum atomic E-state index is 10.7. The highest BCUT2D eigenvalue weighted by atomic mass is 32.1. The first-order valence-corrected chi connectivity index (χ1v) is 4.40. The van der Waals surface area contributed by atoms with Gasteiger partial charge in [-0.25, -0.2) is 4.79 Å². The largest absolute Gasteiger partial charge is 0.480 e. The Labute approximate surface area is 74.8 Å². The quantitative estimate of drug-likeness (QED) is 0.730. The molecule has 0 aliphatic heterocycles. The van der Waals surface area contributed by atoms with Crippen LogP contribution >= 0.6 is 11.3 Å². The van der Waals surface area contributed by atoms with Crippen LogP contribution in [0.4, 0.5) is 0 Å². The van der Waals surface area contributed by atoms with Crippen molar-refractivity contribution in [1.29, 1.82) is 0 Å². The molecule has 1 aromatic rings. The van der Waals surface area contributed by atoms with E-state index in [-0.39, 0.29) is 0 Å². The lowest BCUT2D eigenvalue weighted by molar-refractivity contribution is -0.143. The Bertz CT molecular complexity index is 304. The van der Waals surface area contributed by atoms with Crippen LogP contribution in [-0.2, 0) is 10.3 Å². The van der Waals surface area contributed by atoms with E-state index in [2.05, 4.69) is 0 Å². The number of hydrogen-bond donors (Lipinski definition) is 2. The summed E-state index contributed by atoms with van der Waals surface area (Å²) in [6.45, 7) is 3.42. The van der Waals surface area contributed by atoms with Gasteiger partial charge in [-0.05, 0) is 30.9 Å². The van der Waals surface area contributed by atoms with Gasteiger partial charge in [0.15, 0.2) is 0 Å². The van der Waals surface area contributed by atoms with Crippen LogP contribution < -0.4 is 5.73 Å². The van der Waals surface area contributed by atoms with E-state index < -0.39 is 11.5 Å². The van der Waals surface area contributed by atoms with E-state index in [9.17, 15) is 4.79 Å². The zero-order valence-corrected chi connectivity index (χ0v) is 7.81. The highest BCUT2D eigenvalue weighted by Crippen LogP contribution is 2.23. The molecule has 0 aliphatic carbocycles. The monoisotopic (exact) mass is 185 g/mol. The molecule has 0 radical (unpaired) electrons. The number of aliphatic carboxylic acids is 1. The van der Waals surface area contributed by atoms with Crippen LogP contribution in [0.2, 0.25) is 0 Å². The lowest BCUT2D eigenvalue weighted by Crippen LogP contribution is -2.41. The number of thiophene rings is 1. The summed E-state index contributed by atoms with van der Waals surface area (Å²) < 4.78 is 0. The van der Waals surface area contributed by atoms with Crippen LogP contribution in [0.5, 0.6) is 0 Å². The SMILES string of the molecule is Cc1cc([C@](C)(N)C(=O)O)cs1. The first kappa shape index (κ1) is 9.22. The minimum atomic E-state index is -1.26. The van der Waals surface area contributed by atoms with Crippen LogP contribution in [0.25, 0.3) is 0 Å². The van der Waals surface area contributed by atoms with Crippen molar-refractivity contribution in [3.63, 3.8) is 0 Å². The molecule has 0 aliphatic rings. The van der Waals surface area contributed by atoms with Crippen molar-refractivity contribution in [2.24, 2.45) is 5.73 Å². The Morgan fingerprint density at radius 1 is 1.75 bits per heavy atom. The van der Waals surface area contributed by atoms with Gasteiger partial charge < -0.3 is 10.8 Å². The van der Waals surface area contributed by atoms with Crippen LogP contribution in [0.1, 0.15) is 17.4 Å². The molecule has 1 heterocycles. The number of carboxylic acid groups (broad SMARTS) is 1. The van der Waals surface area contributed by atoms with Gasteiger partial charge >= 0.3 is 5.97 Å². The van der Waals surface area contributed by atoms with Crippen molar-refractivity contribution in [2.75, 3.05) is 0 Å². The van der Waals surface area contributed by atoms with Crippen LogP contribution in [0.3, 0.4) is 0 Å². The standard InChI is InChI=1S/C8H11NO2S/c1-5-3-6(4-12-5)8(2,9)7(10)11/h3-4H,9H2,1-2H3,(H,10,11)/t8-/m0/s1. The molecule has 0 saturated heterocycles. The van der Waals surface area contributed by atoms with Gasteiger partial charge in [0, 0.05) is 4.88 Å². The Morgan fingerprint density at radius 2 is 2.33 bits per heavy atom. The Balaban J connectivity index is 3.05. The Hall–Kier alpha value is -0.870. The molecule has 4 heteroatoms. The molecule has 0 aromatic carbocycles. The molecule has 66 valence electrons. The van der Waals surface area contributed by atoms with Crippen LogP contribution in [0.15, 0.2) is 11.4 Å². The molecule has 1 atom stereocenters. The van der Waals surface area contributed by atoms with Crippen molar-refractivity contribution in [3.05, 3.63) is 21.9 Å². The first-order chi connectivity index (χ1) is 5.44. The second-order valence-electron chi connectivity index (χ2n) is 2.95. The summed E-state index contributed by atoms with van der Waals surface area (Å²) in [5, 5.41) is 10.6. The van der Waals surface area contributed by atoms with E-state index in [0.29, 0.717) is 5.56 Å². The summed E-state index contributed by atoms with van der Waals surface area (Å²) in [6.07, 6.45) is 0. The van der Waals surface area contributed by atoms with Crippen LogP contribution in [-0.4, -0.2) is 11.1 Å². The fourth-order valence-electron chi connectivity index (χ4n) is 0.839. The summed E-state index contributed by atoms with van der Waals surface area (Å²) in [5.74, 6) is -1.000. The molecule has 0 bridgehead atoms. The maximum absolute atomic E-state index is 10.7. The lowest BCUT2D eigenvalue weighted by atomic mass is 9.96.